The van der Waals surface area contributed by atoms with E-state index in [0.717, 1.165) is 11.0 Å². The Balaban J connectivity index is 2.19. The molecule has 18 heavy (non-hydrogen) atoms. The summed E-state index contributed by atoms with van der Waals surface area (Å²) in [6.07, 6.45) is 1.59. The van der Waals surface area contributed by atoms with Crippen LogP contribution in [-0.4, -0.2) is 9.97 Å². The van der Waals surface area contributed by atoms with Crippen LogP contribution in [0.15, 0.2) is 53.1 Å². The fraction of sp³-hybridized carbons (Fsp3) is 0. The van der Waals surface area contributed by atoms with E-state index in [1.165, 1.54) is 6.07 Å². The molecule has 0 aliphatic carbocycles. The van der Waals surface area contributed by atoms with Crippen molar-refractivity contribution in [3.63, 3.8) is 0 Å². The zero-order chi connectivity index (χ0) is 12.5. The Bertz CT molecular complexity index is 728. The highest BCUT2D eigenvalue weighted by molar-refractivity contribution is 9.10. The molecule has 0 saturated carbocycles. The molecule has 0 N–H and O–H groups in total. The van der Waals surface area contributed by atoms with Crippen molar-refractivity contribution >= 4 is 27.0 Å². The van der Waals surface area contributed by atoms with E-state index >= 15 is 0 Å². The van der Waals surface area contributed by atoms with E-state index in [1.807, 2.05) is 24.3 Å². The lowest BCUT2D eigenvalue weighted by Gasteiger charge is -2.04. The molecule has 0 atom stereocenters. The molecule has 0 unspecified atom stereocenters. The maximum atomic E-state index is 13.8. The summed E-state index contributed by atoms with van der Waals surface area (Å²) in [7, 11) is 0. The molecule has 0 spiro atoms. The van der Waals surface area contributed by atoms with Crippen molar-refractivity contribution in [1.29, 1.82) is 0 Å². The van der Waals surface area contributed by atoms with Gasteiger partial charge < -0.3 is 0 Å². The third-order valence-corrected chi connectivity index (χ3v) is 3.15. The van der Waals surface area contributed by atoms with Gasteiger partial charge in [-0.1, -0.05) is 28.1 Å². The predicted molar refractivity (Wildman–Crippen MR) is 72.6 cm³/mol. The summed E-state index contributed by atoms with van der Waals surface area (Å²) in [5.41, 5.74) is 2.56. The van der Waals surface area contributed by atoms with Crippen LogP contribution in [0.4, 0.5) is 4.39 Å². The highest BCUT2D eigenvalue weighted by Crippen LogP contribution is 2.24. The summed E-state index contributed by atoms with van der Waals surface area (Å²) in [5, 5.41) is 0. The van der Waals surface area contributed by atoms with Crippen LogP contribution in [0, 0.1) is 5.82 Å². The second-order valence-electron chi connectivity index (χ2n) is 3.87. The van der Waals surface area contributed by atoms with Crippen LogP contribution >= 0.6 is 15.9 Å². The molecule has 1 aromatic heterocycles. The molecule has 1 heterocycles. The maximum Gasteiger partial charge on any atom is 0.133 e. The topological polar surface area (TPSA) is 25.8 Å². The predicted octanol–water partition coefficient (Wildman–Crippen LogP) is 4.20. The standard InChI is InChI=1S/C14H8BrFN2/c15-9-5-6-10(11(16)7-9)14-8-17-12-3-1-2-4-13(12)18-14/h1-8H. The van der Waals surface area contributed by atoms with Crippen molar-refractivity contribution in [1.82, 2.24) is 9.97 Å². The van der Waals surface area contributed by atoms with Gasteiger partial charge in [-0.2, -0.15) is 0 Å². The van der Waals surface area contributed by atoms with E-state index in [0.29, 0.717) is 15.7 Å². The number of halogens is 2. The molecule has 2 nitrogen and oxygen atoms in total. The summed E-state index contributed by atoms with van der Waals surface area (Å²) in [6.45, 7) is 0. The Labute approximate surface area is 112 Å². The Morgan fingerprint density at radius 2 is 1.78 bits per heavy atom. The number of rotatable bonds is 1. The number of para-hydroxylation sites is 2. The van der Waals surface area contributed by atoms with Crippen LogP contribution in [0.5, 0.6) is 0 Å². The molecule has 3 rings (SSSR count). The maximum absolute atomic E-state index is 13.8. The lowest BCUT2D eigenvalue weighted by atomic mass is 10.1. The normalized spacial score (nSPS) is 10.8. The number of hydrogen-bond donors (Lipinski definition) is 0. The summed E-state index contributed by atoms with van der Waals surface area (Å²) in [5.74, 6) is -0.311. The van der Waals surface area contributed by atoms with Gasteiger partial charge in [0.15, 0.2) is 0 Å². The largest absolute Gasteiger partial charge is 0.252 e. The molecule has 0 amide bonds. The van der Waals surface area contributed by atoms with Crippen molar-refractivity contribution in [2.75, 3.05) is 0 Å². The van der Waals surface area contributed by atoms with E-state index in [4.69, 9.17) is 0 Å². The van der Waals surface area contributed by atoms with Gasteiger partial charge in [-0.15, -0.1) is 0 Å². The average Bonchev–Trinajstić information content (AvgIpc) is 2.38. The van der Waals surface area contributed by atoms with Crippen LogP contribution in [-0.2, 0) is 0 Å². The van der Waals surface area contributed by atoms with Crippen molar-refractivity contribution in [2.24, 2.45) is 0 Å². The van der Waals surface area contributed by atoms with E-state index in [1.54, 1.807) is 18.3 Å². The highest BCUT2D eigenvalue weighted by Gasteiger charge is 2.08. The van der Waals surface area contributed by atoms with Gasteiger partial charge in [0, 0.05) is 10.0 Å². The van der Waals surface area contributed by atoms with Crippen LogP contribution in [0.1, 0.15) is 0 Å². The van der Waals surface area contributed by atoms with Crippen LogP contribution in [0.2, 0.25) is 0 Å². The molecule has 2 aromatic carbocycles. The third kappa shape index (κ3) is 1.99. The van der Waals surface area contributed by atoms with E-state index in [-0.39, 0.29) is 5.82 Å². The minimum Gasteiger partial charge on any atom is -0.252 e. The molecule has 88 valence electrons. The first-order valence-electron chi connectivity index (χ1n) is 5.41. The molecular formula is C14H8BrFN2. The highest BCUT2D eigenvalue weighted by atomic mass is 79.9. The van der Waals surface area contributed by atoms with Crippen molar-refractivity contribution < 1.29 is 4.39 Å². The van der Waals surface area contributed by atoms with E-state index < -0.39 is 0 Å². The third-order valence-electron chi connectivity index (χ3n) is 2.66. The number of benzene rings is 2. The van der Waals surface area contributed by atoms with Crippen LogP contribution < -0.4 is 0 Å². The summed E-state index contributed by atoms with van der Waals surface area (Å²) >= 11 is 3.23. The molecule has 0 radical (unpaired) electrons. The molecule has 4 heteroatoms. The Hall–Kier alpha value is -1.81. The zero-order valence-corrected chi connectivity index (χ0v) is 10.9. The molecule has 0 saturated heterocycles. The van der Waals surface area contributed by atoms with Crippen LogP contribution in [0.3, 0.4) is 0 Å². The molecule has 0 bridgehead atoms. The zero-order valence-electron chi connectivity index (χ0n) is 9.27. The second kappa shape index (κ2) is 4.46. The van der Waals surface area contributed by atoms with E-state index in [9.17, 15) is 4.39 Å². The second-order valence-corrected chi connectivity index (χ2v) is 4.78. The van der Waals surface area contributed by atoms with E-state index in [2.05, 4.69) is 25.9 Å². The SMILES string of the molecule is Fc1cc(Br)ccc1-c1cnc2ccccc2n1. The summed E-state index contributed by atoms with van der Waals surface area (Å²) in [4.78, 5) is 8.70. The molecule has 3 aromatic rings. The first-order valence-corrected chi connectivity index (χ1v) is 6.20. The van der Waals surface area contributed by atoms with Gasteiger partial charge in [0.1, 0.15) is 5.82 Å². The molecule has 0 aliphatic rings. The quantitative estimate of drug-likeness (QED) is 0.673. The monoisotopic (exact) mass is 302 g/mol. The fourth-order valence-corrected chi connectivity index (χ4v) is 2.12. The molecule has 0 aliphatic heterocycles. The lowest BCUT2D eigenvalue weighted by molar-refractivity contribution is 0.630. The summed E-state index contributed by atoms with van der Waals surface area (Å²) < 4.78 is 14.5. The minimum absolute atomic E-state index is 0.311. The Morgan fingerprint density at radius 1 is 1.00 bits per heavy atom. The van der Waals surface area contributed by atoms with Gasteiger partial charge in [-0.05, 0) is 30.3 Å². The smallest absolute Gasteiger partial charge is 0.133 e. The Kier molecular flexibility index (Phi) is 2.80. The van der Waals surface area contributed by atoms with Gasteiger partial charge in [0.05, 0.1) is 22.9 Å². The van der Waals surface area contributed by atoms with Crippen LogP contribution in [0.25, 0.3) is 22.3 Å². The first-order chi connectivity index (χ1) is 8.74. The van der Waals surface area contributed by atoms with Gasteiger partial charge in [-0.25, -0.2) is 9.37 Å². The van der Waals surface area contributed by atoms with Crippen molar-refractivity contribution in [3.05, 3.63) is 59.0 Å². The lowest BCUT2D eigenvalue weighted by Crippen LogP contribution is -1.91. The molecular weight excluding hydrogens is 295 g/mol. The van der Waals surface area contributed by atoms with Gasteiger partial charge in [0.25, 0.3) is 0 Å². The van der Waals surface area contributed by atoms with Crippen molar-refractivity contribution in [2.45, 2.75) is 0 Å². The van der Waals surface area contributed by atoms with Gasteiger partial charge >= 0.3 is 0 Å². The minimum atomic E-state index is -0.311. The average molecular weight is 303 g/mol. The number of nitrogens with zero attached hydrogens (tertiary/aromatic N) is 2. The van der Waals surface area contributed by atoms with Gasteiger partial charge in [-0.3, -0.25) is 4.98 Å². The first kappa shape index (κ1) is 11.3. The fourth-order valence-electron chi connectivity index (χ4n) is 1.78. The van der Waals surface area contributed by atoms with Crippen molar-refractivity contribution in [3.8, 4) is 11.3 Å². The summed E-state index contributed by atoms with van der Waals surface area (Å²) in [6, 6.07) is 12.4. The molecule has 0 fully saturated rings. The number of hydrogen-bond acceptors (Lipinski definition) is 2. The number of fused-ring (bicyclic) bond motifs is 1. The Morgan fingerprint density at radius 3 is 2.56 bits per heavy atom. The number of aromatic nitrogens is 2. The van der Waals surface area contributed by atoms with Gasteiger partial charge in [0.2, 0.25) is 0 Å².